The van der Waals surface area contributed by atoms with Crippen LogP contribution in [-0.2, 0) is 6.42 Å². The minimum absolute atomic E-state index is 0.354. The molecule has 0 amide bonds. The molecular formula is C14H22N2O. The molecule has 2 N–H and O–H groups in total. The van der Waals surface area contributed by atoms with E-state index in [1.54, 1.807) is 12.1 Å². The predicted octanol–water partition coefficient (Wildman–Crippen LogP) is 1.62. The van der Waals surface area contributed by atoms with Gasteiger partial charge in [-0.3, -0.25) is 0 Å². The van der Waals surface area contributed by atoms with Crippen LogP contribution < -0.4 is 5.32 Å². The van der Waals surface area contributed by atoms with E-state index in [2.05, 4.69) is 10.2 Å². The molecule has 0 saturated carbocycles. The molecule has 1 heterocycles. The first-order chi connectivity index (χ1) is 8.34. The van der Waals surface area contributed by atoms with Gasteiger partial charge in [-0.25, -0.2) is 0 Å². The maximum absolute atomic E-state index is 9.20. The lowest BCUT2D eigenvalue weighted by Crippen LogP contribution is -2.29. The molecule has 1 aliphatic rings. The molecule has 0 spiro atoms. The number of hydrogen-bond donors (Lipinski definition) is 2. The molecule has 3 heteroatoms. The van der Waals surface area contributed by atoms with Gasteiger partial charge in [0.2, 0.25) is 0 Å². The van der Waals surface area contributed by atoms with E-state index in [-0.39, 0.29) is 0 Å². The molecule has 0 aliphatic carbocycles. The summed E-state index contributed by atoms with van der Waals surface area (Å²) < 4.78 is 0. The Bertz CT molecular complexity index is 315. The van der Waals surface area contributed by atoms with Crippen LogP contribution in [0.25, 0.3) is 0 Å². The molecular weight excluding hydrogens is 212 g/mol. The molecule has 0 bridgehead atoms. The summed E-state index contributed by atoms with van der Waals surface area (Å²) in [6.45, 7) is 5.87. The van der Waals surface area contributed by atoms with Gasteiger partial charge < -0.3 is 15.3 Å². The fraction of sp³-hybridized carbons (Fsp3) is 0.571. The monoisotopic (exact) mass is 234 g/mol. The van der Waals surface area contributed by atoms with Gasteiger partial charge in [0.1, 0.15) is 5.75 Å². The van der Waals surface area contributed by atoms with Crippen LogP contribution in [-0.4, -0.2) is 42.7 Å². The Labute approximate surface area is 103 Å². The zero-order valence-electron chi connectivity index (χ0n) is 10.4. The highest BCUT2D eigenvalue weighted by molar-refractivity contribution is 5.25. The van der Waals surface area contributed by atoms with E-state index in [4.69, 9.17) is 0 Å². The number of nitrogens with zero attached hydrogens (tertiary/aromatic N) is 1. The number of aromatic hydroxyl groups is 1. The Morgan fingerprint density at radius 2 is 1.94 bits per heavy atom. The van der Waals surface area contributed by atoms with Crippen molar-refractivity contribution in [2.45, 2.75) is 19.3 Å². The summed E-state index contributed by atoms with van der Waals surface area (Å²) in [6.07, 6.45) is 3.56. The topological polar surface area (TPSA) is 35.5 Å². The molecule has 1 aliphatic heterocycles. The molecule has 3 nitrogen and oxygen atoms in total. The SMILES string of the molecule is Oc1ccc(CCCN2CCCNCC2)cc1. The van der Waals surface area contributed by atoms with Gasteiger partial charge in [0, 0.05) is 13.1 Å². The number of benzene rings is 1. The van der Waals surface area contributed by atoms with Crippen LogP contribution in [0, 0.1) is 0 Å². The fourth-order valence-electron chi connectivity index (χ4n) is 2.29. The van der Waals surface area contributed by atoms with Gasteiger partial charge in [-0.1, -0.05) is 12.1 Å². The smallest absolute Gasteiger partial charge is 0.115 e. The van der Waals surface area contributed by atoms with Crippen LogP contribution in [0.5, 0.6) is 5.75 Å². The van der Waals surface area contributed by atoms with Crippen molar-refractivity contribution in [1.29, 1.82) is 0 Å². The zero-order chi connectivity index (χ0) is 11.9. The number of phenolic OH excluding ortho intramolecular Hbond substituents is 1. The van der Waals surface area contributed by atoms with E-state index in [1.807, 2.05) is 12.1 Å². The highest BCUT2D eigenvalue weighted by Crippen LogP contribution is 2.11. The number of rotatable bonds is 4. The summed E-state index contributed by atoms with van der Waals surface area (Å²) in [4.78, 5) is 2.54. The number of nitrogens with one attached hydrogen (secondary N) is 1. The third-order valence-electron chi connectivity index (χ3n) is 3.31. The first kappa shape index (κ1) is 12.4. The summed E-state index contributed by atoms with van der Waals surface area (Å²) in [5, 5.41) is 12.6. The first-order valence-corrected chi connectivity index (χ1v) is 6.55. The van der Waals surface area contributed by atoms with Gasteiger partial charge in [0.15, 0.2) is 0 Å². The zero-order valence-corrected chi connectivity index (χ0v) is 10.4. The van der Waals surface area contributed by atoms with Crippen molar-refractivity contribution in [3.63, 3.8) is 0 Å². The summed E-state index contributed by atoms with van der Waals surface area (Å²) in [5.41, 5.74) is 1.32. The van der Waals surface area contributed by atoms with Gasteiger partial charge in [-0.05, 0) is 56.6 Å². The van der Waals surface area contributed by atoms with E-state index in [1.165, 1.54) is 38.0 Å². The van der Waals surface area contributed by atoms with Gasteiger partial charge in [0.25, 0.3) is 0 Å². The quantitative estimate of drug-likeness (QED) is 0.831. The number of phenols is 1. The van der Waals surface area contributed by atoms with Crippen molar-refractivity contribution in [2.75, 3.05) is 32.7 Å². The van der Waals surface area contributed by atoms with Crippen molar-refractivity contribution >= 4 is 0 Å². The number of aryl methyl sites for hydroxylation is 1. The van der Waals surface area contributed by atoms with E-state index in [9.17, 15) is 5.11 Å². The Kier molecular flexibility index (Phi) is 4.83. The van der Waals surface area contributed by atoms with Crippen molar-refractivity contribution in [1.82, 2.24) is 10.2 Å². The lowest BCUT2D eigenvalue weighted by atomic mass is 10.1. The van der Waals surface area contributed by atoms with Gasteiger partial charge >= 0.3 is 0 Å². The van der Waals surface area contributed by atoms with Gasteiger partial charge in [-0.2, -0.15) is 0 Å². The third kappa shape index (κ3) is 4.36. The third-order valence-corrected chi connectivity index (χ3v) is 3.31. The molecule has 1 saturated heterocycles. The fourth-order valence-corrected chi connectivity index (χ4v) is 2.29. The van der Waals surface area contributed by atoms with Crippen LogP contribution in [0.15, 0.2) is 24.3 Å². The maximum Gasteiger partial charge on any atom is 0.115 e. The molecule has 94 valence electrons. The normalized spacial score (nSPS) is 17.9. The molecule has 0 aromatic heterocycles. The van der Waals surface area contributed by atoms with Crippen LogP contribution in [0.4, 0.5) is 0 Å². The molecule has 0 atom stereocenters. The van der Waals surface area contributed by atoms with Crippen LogP contribution in [0.3, 0.4) is 0 Å². The highest BCUT2D eigenvalue weighted by Gasteiger charge is 2.07. The van der Waals surface area contributed by atoms with Gasteiger partial charge in [-0.15, -0.1) is 0 Å². The molecule has 17 heavy (non-hydrogen) atoms. The molecule has 2 rings (SSSR count). The van der Waals surface area contributed by atoms with Gasteiger partial charge in [0.05, 0.1) is 0 Å². The standard InChI is InChI=1S/C14H22N2O/c17-14-6-4-13(5-7-14)3-1-10-16-11-2-8-15-9-12-16/h4-7,15,17H,1-3,8-12H2. The van der Waals surface area contributed by atoms with Crippen LogP contribution >= 0.6 is 0 Å². The van der Waals surface area contributed by atoms with Crippen molar-refractivity contribution in [3.8, 4) is 5.75 Å². The Morgan fingerprint density at radius 1 is 1.12 bits per heavy atom. The average molecular weight is 234 g/mol. The Morgan fingerprint density at radius 3 is 2.76 bits per heavy atom. The Hall–Kier alpha value is -1.06. The van der Waals surface area contributed by atoms with Crippen molar-refractivity contribution < 1.29 is 5.11 Å². The summed E-state index contributed by atoms with van der Waals surface area (Å²) in [6, 6.07) is 7.56. The second kappa shape index (κ2) is 6.62. The van der Waals surface area contributed by atoms with Crippen molar-refractivity contribution in [2.24, 2.45) is 0 Å². The van der Waals surface area contributed by atoms with E-state index < -0.39 is 0 Å². The van der Waals surface area contributed by atoms with E-state index in [0.717, 1.165) is 19.5 Å². The average Bonchev–Trinajstić information content (AvgIpc) is 2.60. The minimum Gasteiger partial charge on any atom is -0.508 e. The molecule has 1 aromatic rings. The summed E-state index contributed by atoms with van der Waals surface area (Å²) in [5.74, 6) is 0.354. The van der Waals surface area contributed by atoms with Crippen molar-refractivity contribution in [3.05, 3.63) is 29.8 Å². The lowest BCUT2D eigenvalue weighted by molar-refractivity contribution is 0.289. The van der Waals surface area contributed by atoms with E-state index >= 15 is 0 Å². The Balaban J connectivity index is 1.69. The molecule has 1 fully saturated rings. The van der Waals surface area contributed by atoms with Crippen LogP contribution in [0.1, 0.15) is 18.4 Å². The lowest BCUT2D eigenvalue weighted by Gasteiger charge is -2.19. The molecule has 1 aromatic carbocycles. The summed E-state index contributed by atoms with van der Waals surface area (Å²) in [7, 11) is 0. The second-order valence-electron chi connectivity index (χ2n) is 4.72. The van der Waals surface area contributed by atoms with Crippen LogP contribution in [0.2, 0.25) is 0 Å². The highest BCUT2D eigenvalue weighted by atomic mass is 16.3. The molecule has 0 unspecified atom stereocenters. The first-order valence-electron chi connectivity index (χ1n) is 6.55. The largest absolute Gasteiger partial charge is 0.508 e. The summed E-state index contributed by atoms with van der Waals surface area (Å²) >= 11 is 0. The molecule has 0 radical (unpaired) electrons. The second-order valence-corrected chi connectivity index (χ2v) is 4.72. The number of hydrogen-bond acceptors (Lipinski definition) is 3. The van der Waals surface area contributed by atoms with E-state index in [0.29, 0.717) is 5.75 Å². The predicted molar refractivity (Wildman–Crippen MR) is 70.4 cm³/mol. The minimum atomic E-state index is 0.354. The maximum atomic E-state index is 9.20.